The Hall–Kier alpha value is -1.68. The Morgan fingerprint density at radius 2 is 2.15 bits per heavy atom. The predicted molar refractivity (Wildman–Crippen MR) is 78.9 cm³/mol. The van der Waals surface area contributed by atoms with Crippen LogP contribution in [0.2, 0.25) is 10.4 Å². The third-order valence-electron chi connectivity index (χ3n) is 2.33. The molecular weight excluding hydrogens is 367 g/mol. The summed E-state index contributed by atoms with van der Waals surface area (Å²) < 4.78 is 0.580. The number of anilines is 1. The van der Waals surface area contributed by atoms with E-state index in [0.717, 1.165) is 0 Å². The van der Waals surface area contributed by atoms with Crippen molar-refractivity contribution in [2.75, 3.05) is 5.32 Å². The average molecular weight is 372 g/mol. The third kappa shape index (κ3) is 3.07. The molecule has 0 spiro atoms. The number of nitriles is 1. The lowest BCUT2D eigenvalue weighted by molar-refractivity contribution is 0.102. The first-order valence-electron chi connectivity index (χ1n) is 5.21. The zero-order chi connectivity index (χ0) is 14.7. The van der Waals surface area contributed by atoms with Gasteiger partial charge in [-0.15, -0.1) is 0 Å². The molecule has 0 fully saturated rings. The summed E-state index contributed by atoms with van der Waals surface area (Å²) in [5, 5.41) is 11.5. The maximum atomic E-state index is 12.1. The van der Waals surface area contributed by atoms with E-state index in [-0.39, 0.29) is 16.0 Å². The van der Waals surface area contributed by atoms with E-state index in [9.17, 15) is 4.79 Å². The fourth-order valence-corrected chi connectivity index (χ4v) is 2.28. The maximum absolute atomic E-state index is 12.1. The Balaban J connectivity index is 2.36. The van der Waals surface area contributed by atoms with Gasteiger partial charge in [0.15, 0.2) is 0 Å². The number of rotatable bonds is 2. The Morgan fingerprint density at radius 3 is 2.80 bits per heavy atom. The van der Waals surface area contributed by atoms with E-state index >= 15 is 0 Å². The second-order valence-electron chi connectivity index (χ2n) is 3.57. The SMILES string of the molecule is N#Cc1cccc(Br)c1NC(=O)c1cnc(Cl)nc1Cl. The molecule has 1 aromatic carbocycles. The Bertz CT molecular complexity index is 730. The zero-order valence-electron chi connectivity index (χ0n) is 9.69. The van der Waals surface area contributed by atoms with Crippen LogP contribution in [0.1, 0.15) is 15.9 Å². The first-order chi connectivity index (χ1) is 9.52. The molecule has 1 aromatic heterocycles. The molecular formula is C12H5BrCl2N4O. The molecule has 20 heavy (non-hydrogen) atoms. The lowest BCUT2D eigenvalue weighted by Crippen LogP contribution is -2.15. The van der Waals surface area contributed by atoms with E-state index in [1.54, 1.807) is 18.2 Å². The van der Waals surface area contributed by atoms with Crippen LogP contribution in [0.4, 0.5) is 5.69 Å². The minimum Gasteiger partial charge on any atom is -0.320 e. The topological polar surface area (TPSA) is 78.7 Å². The Kier molecular flexibility index (Phi) is 4.55. The molecule has 2 rings (SSSR count). The van der Waals surface area contributed by atoms with Gasteiger partial charge in [0, 0.05) is 10.7 Å². The minimum atomic E-state index is -0.532. The van der Waals surface area contributed by atoms with Crippen LogP contribution in [0.5, 0.6) is 0 Å². The van der Waals surface area contributed by atoms with Crippen LogP contribution in [0, 0.1) is 11.3 Å². The van der Waals surface area contributed by atoms with Gasteiger partial charge in [0.05, 0.1) is 16.8 Å². The smallest absolute Gasteiger partial charge is 0.260 e. The van der Waals surface area contributed by atoms with Crippen LogP contribution in [-0.4, -0.2) is 15.9 Å². The molecule has 0 aliphatic rings. The number of para-hydroxylation sites is 1. The number of hydrogen-bond acceptors (Lipinski definition) is 4. The molecule has 0 unspecified atom stereocenters. The number of carbonyl (C=O) groups is 1. The Morgan fingerprint density at radius 1 is 1.40 bits per heavy atom. The first-order valence-corrected chi connectivity index (χ1v) is 6.76. The van der Waals surface area contributed by atoms with E-state index < -0.39 is 5.91 Å². The molecule has 0 aliphatic heterocycles. The van der Waals surface area contributed by atoms with Gasteiger partial charge >= 0.3 is 0 Å². The van der Waals surface area contributed by atoms with Crippen LogP contribution < -0.4 is 5.32 Å². The molecule has 2 aromatic rings. The summed E-state index contributed by atoms with van der Waals surface area (Å²) >= 11 is 14.7. The number of benzene rings is 1. The number of hydrogen-bond donors (Lipinski definition) is 1. The highest BCUT2D eigenvalue weighted by atomic mass is 79.9. The summed E-state index contributed by atoms with van der Waals surface area (Å²) in [6.45, 7) is 0. The quantitative estimate of drug-likeness (QED) is 0.645. The number of nitrogens with one attached hydrogen (secondary N) is 1. The molecule has 0 radical (unpaired) electrons. The molecule has 0 saturated heterocycles. The van der Waals surface area contributed by atoms with Crippen LogP contribution >= 0.6 is 39.1 Å². The number of carbonyl (C=O) groups excluding carboxylic acids is 1. The predicted octanol–water partition coefficient (Wildman–Crippen LogP) is 3.67. The molecule has 1 N–H and O–H groups in total. The molecule has 1 amide bonds. The van der Waals surface area contributed by atoms with E-state index in [1.165, 1.54) is 6.20 Å². The summed E-state index contributed by atoms with van der Waals surface area (Å²) in [5.41, 5.74) is 0.737. The molecule has 0 atom stereocenters. The van der Waals surface area contributed by atoms with Gasteiger partial charge in [-0.2, -0.15) is 5.26 Å². The summed E-state index contributed by atoms with van der Waals surface area (Å²) in [6, 6.07) is 6.97. The van der Waals surface area contributed by atoms with Crippen molar-refractivity contribution >= 4 is 50.7 Å². The normalized spacial score (nSPS) is 9.90. The number of amides is 1. The van der Waals surface area contributed by atoms with Gasteiger partial charge in [-0.05, 0) is 39.7 Å². The highest BCUT2D eigenvalue weighted by Crippen LogP contribution is 2.27. The van der Waals surface area contributed by atoms with Crippen molar-refractivity contribution in [3.63, 3.8) is 0 Å². The summed E-state index contributed by atoms with van der Waals surface area (Å²) in [5.74, 6) is -0.532. The van der Waals surface area contributed by atoms with Crippen molar-refractivity contribution in [3.05, 3.63) is 50.4 Å². The van der Waals surface area contributed by atoms with Gasteiger partial charge in [0.25, 0.3) is 5.91 Å². The number of nitrogens with zero attached hydrogens (tertiary/aromatic N) is 3. The van der Waals surface area contributed by atoms with Gasteiger partial charge < -0.3 is 5.32 Å². The van der Waals surface area contributed by atoms with Crippen LogP contribution in [-0.2, 0) is 0 Å². The second-order valence-corrected chi connectivity index (χ2v) is 5.12. The molecule has 100 valence electrons. The largest absolute Gasteiger partial charge is 0.320 e. The van der Waals surface area contributed by atoms with Crippen molar-refractivity contribution in [2.24, 2.45) is 0 Å². The second kappa shape index (κ2) is 6.18. The summed E-state index contributed by atoms with van der Waals surface area (Å²) in [7, 11) is 0. The number of halogens is 3. The van der Waals surface area contributed by atoms with Crippen molar-refractivity contribution in [1.29, 1.82) is 5.26 Å². The van der Waals surface area contributed by atoms with Crippen molar-refractivity contribution in [1.82, 2.24) is 9.97 Å². The van der Waals surface area contributed by atoms with Gasteiger partial charge in [0.1, 0.15) is 11.2 Å². The minimum absolute atomic E-state index is 0.0508. The highest BCUT2D eigenvalue weighted by Gasteiger charge is 2.16. The molecule has 1 heterocycles. The van der Waals surface area contributed by atoms with E-state index in [4.69, 9.17) is 28.5 Å². The lowest BCUT2D eigenvalue weighted by Gasteiger charge is -2.09. The fraction of sp³-hybridized carbons (Fsp3) is 0. The van der Waals surface area contributed by atoms with E-state index in [0.29, 0.717) is 15.7 Å². The van der Waals surface area contributed by atoms with Gasteiger partial charge in [-0.25, -0.2) is 9.97 Å². The van der Waals surface area contributed by atoms with E-state index in [1.807, 2.05) is 6.07 Å². The van der Waals surface area contributed by atoms with Crippen molar-refractivity contribution in [2.45, 2.75) is 0 Å². The average Bonchev–Trinajstić information content (AvgIpc) is 2.40. The fourth-order valence-electron chi connectivity index (χ4n) is 1.42. The molecule has 0 bridgehead atoms. The molecule has 0 saturated carbocycles. The monoisotopic (exact) mass is 370 g/mol. The lowest BCUT2D eigenvalue weighted by atomic mass is 10.2. The molecule has 5 nitrogen and oxygen atoms in total. The van der Waals surface area contributed by atoms with Crippen LogP contribution in [0.25, 0.3) is 0 Å². The third-order valence-corrected chi connectivity index (χ3v) is 3.46. The summed E-state index contributed by atoms with van der Waals surface area (Å²) in [6.07, 6.45) is 1.22. The van der Waals surface area contributed by atoms with E-state index in [2.05, 4.69) is 31.2 Å². The standard InChI is InChI=1S/C12H5BrCl2N4O/c13-8-3-1-2-6(4-16)9(8)18-11(20)7-5-17-12(15)19-10(7)14/h1-3,5H,(H,18,20). The van der Waals surface area contributed by atoms with Crippen molar-refractivity contribution in [3.8, 4) is 6.07 Å². The summed E-state index contributed by atoms with van der Waals surface area (Å²) in [4.78, 5) is 19.5. The van der Waals surface area contributed by atoms with Crippen LogP contribution in [0.3, 0.4) is 0 Å². The van der Waals surface area contributed by atoms with Gasteiger partial charge in [0.2, 0.25) is 5.28 Å². The van der Waals surface area contributed by atoms with Gasteiger partial charge in [-0.3, -0.25) is 4.79 Å². The zero-order valence-corrected chi connectivity index (χ0v) is 12.8. The highest BCUT2D eigenvalue weighted by molar-refractivity contribution is 9.10. The molecule has 0 aliphatic carbocycles. The first kappa shape index (κ1) is 14.7. The maximum Gasteiger partial charge on any atom is 0.260 e. The number of aromatic nitrogens is 2. The Labute approximate surface area is 132 Å². The molecule has 8 heteroatoms. The van der Waals surface area contributed by atoms with Crippen LogP contribution in [0.15, 0.2) is 28.9 Å². The van der Waals surface area contributed by atoms with Crippen molar-refractivity contribution < 1.29 is 4.79 Å². The van der Waals surface area contributed by atoms with Gasteiger partial charge in [-0.1, -0.05) is 17.7 Å².